The first kappa shape index (κ1) is 36.7. The monoisotopic (exact) mass is 694 g/mol. The summed E-state index contributed by atoms with van der Waals surface area (Å²) in [6.45, 7) is 7.93. The molecule has 0 saturated heterocycles. The number of hydrogen-bond donors (Lipinski definition) is 5. The highest BCUT2D eigenvalue weighted by atomic mass is 16.6. The summed E-state index contributed by atoms with van der Waals surface area (Å²) in [6, 6.07) is 19.7. The summed E-state index contributed by atoms with van der Waals surface area (Å²) >= 11 is 0. The highest BCUT2D eigenvalue weighted by Crippen LogP contribution is 2.29. The van der Waals surface area contributed by atoms with E-state index in [0.29, 0.717) is 36.5 Å². The minimum absolute atomic E-state index is 0.141. The molecule has 1 fully saturated rings. The zero-order chi connectivity index (χ0) is 36.5. The third-order valence-corrected chi connectivity index (χ3v) is 8.96. The Bertz CT molecular complexity index is 1810. The number of benzene rings is 3. The number of alkyl carbamates (subject to hydrolysis) is 1. The lowest BCUT2D eigenvalue weighted by atomic mass is 9.81. The fourth-order valence-corrected chi connectivity index (χ4v) is 6.21. The summed E-state index contributed by atoms with van der Waals surface area (Å²) in [4.78, 5) is 51.5. The number of aromatic nitrogens is 4. The lowest BCUT2D eigenvalue weighted by Gasteiger charge is -2.29. The Morgan fingerprint density at radius 1 is 0.922 bits per heavy atom. The topological polar surface area (TPSA) is 180 Å². The van der Waals surface area contributed by atoms with Crippen molar-refractivity contribution in [1.29, 1.82) is 0 Å². The van der Waals surface area contributed by atoms with Crippen molar-refractivity contribution in [2.75, 3.05) is 18.9 Å². The summed E-state index contributed by atoms with van der Waals surface area (Å²) in [6.07, 6.45) is 2.71. The summed E-state index contributed by atoms with van der Waals surface area (Å²) in [7, 11) is 1.60. The SMILES string of the molecule is CNC(=O)c1ccc(-c2ccc(C[C@H](NC(=O)C3CCC(CNC(=O)OC(C)(C)C)CC3)C(=O)Nc3ccc(-c4nn[nH]n4)cc3)cc2)c(C)c1. The maximum absolute atomic E-state index is 13.7. The van der Waals surface area contributed by atoms with Crippen LogP contribution in [0.5, 0.6) is 0 Å². The second-order valence-corrected chi connectivity index (χ2v) is 14.0. The number of aryl methyl sites for hydroxylation is 1. The van der Waals surface area contributed by atoms with Gasteiger partial charge in [0.25, 0.3) is 5.91 Å². The third kappa shape index (κ3) is 10.2. The number of nitrogens with zero attached hydrogens (tertiary/aromatic N) is 3. The number of nitrogens with one attached hydrogen (secondary N) is 5. The van der Waals surface area contributed by atoms with E-state index in [-0.39, 0.29) is 36.0 Å². The molecular formula is C38H46N8O5. The van der Waals surface area contributed by atoms with Crippen molar-refractivity contribution >= 4 is 29.5 Å². The highest BCUT2D eigenvalue weighted by molar-refractivity contribution is 5.98. The van der Waals surface area contributed by atoms with Crippen LogP contribution in [0.3, 0.4) is 0 Å². The van der Waals surface area contributed by atoms with Crippen molar-refractivity contribution in [3.8, 4) is 22.5 Å². The predicted molar refractivity (Wildman–Crippen MR) is 194 cm³/mol. The molecule has 0 spiro atoms. The van der Waals surface area contributed by atoms with E-state index in [2.05, 4.69) is 41.9 Å². The molecule has 1 saturated carbocycles. The van der Waals surface area contributed by atoms with E-state index in [1.165, 1.54) is 0 Å². The van der Waals surface area contributed by atoms with Gasteiger partial charge in [-0.15, -0.1) is 10.2 Å². The van der Waals surface area contributed by atoms with Gasteiger partial charge in [-0.3, -0.25) is 14.4 Å². The number of carbonyl (C=O) groups excluding carboxylic acids is 4. The van der Waals surface area contributed by atoms with Gasteiger partial charge in [0.1, 0.15) is 11.6 Å². The van der Waals surface area contributed by atoms with E-state index in [4.69, 9.17) is 4.74 Å². The van der Waals surface area contributed by atoms with Crippen LogP contribution in [0.25, 0.3) is 22.5 Å². The summed E-state index contributed by atoms with van der Waals surface area (Å²) < 4.78 is 5.34. The average molecular weight is 695 g/mol. The van der Waals surface area contributed by atoms with Crippen LogP contribution in [0.15, 0.2) is 66.7 Å². The Balaban J connectivity index is 1.25. The molecule has 5 rings (SSSR count). The number of aromatic amines is 1. The molecule has 0 unspecified atom stereocenters. The summed E-state index contributed by atoms with van der Waals surface area (Å²) in [5.74, 6) is -0.194. The van der Waals surface area contributed by atoms with Gasteiger partial charge in [-0.05, 0) is 123 Å². The predicted octanol–water partition coefficient (Wildman–Crippen LogP) is 5.20. The van der Waals surface area contributed by atoms with E-state index in [0.717, 1.165) is 40.7 Å². The molecule has 5 N–H and O–H groups in total. The molecule has 1 aromatic heterocycles. The van der Waals surface area contributed by atoms with Gasteiger partial charge < -0.3 is 26.0 Å². The van der Waals surface area contributed by atoms with E-state index in [9.17, 15) is 19.2 Å². The number of tetrazole rings is 1. The van der Waals surface area contributed by atoms with Crippen LogP contribution in [0, 0.1) is 18.8 Å². The molecule has 1 atom stereocenters. The van der Waals surface area contributed by atoms with Gasteiger partial charge in [0.15, 0.2) is 0 Å². The molecule has 0 bridgehead atoms. The number of H-pyrrole nitrogens is 1. The summed E-state index contributed by atoms with van der Waals surface area (Å²) in [5, 5.41) is 25.5. The molecule has 13 nitrogen and oxygen atoms in total. The first-order chi connectivity index (χ1) is 24.4. The van der Waals surface area contributed by atoms with Crippen molar-refractivity contribution in [1.82, 2.24) is 36.6 Å². The van der Waals surface area contributed by atoms with Crippen LogP contribution in [0.1, 0.15) is 67.9 Å². The molecule has 4 aromatic rings. The highest BCUT2D eigenvalue weighted by Gasteiger charge is 2.30. The van der Waals surface area contributed by atoms with Crippen LogP contribution >= 0.6 is 0 Å². The fourth-order valence-electron chi connectivity index (χ4n) is 6.21. The zero-order valence-corrected chi connectivity index (χ0v) is 29.7. The van der Waals surface area contributed by atoms with Crippen molar-refractivity contribution in [2.45, 2.75) is 71.4 Å². The lowest BCUT2D eigenvalue weighted by Crippen LogP contribution is -2.48. The Morgan fingerprint density at radius 2 is 1.61 bits per heavy atom. The number of hydrogen-bond acceptors (Lipinski definition) is 8. The Kier molecular flexibility index (Phi) is 11.8. The van der Waals surface area contributed by atoms with Gasteiger partial charge >= 0.3 is 6.09 Å². The quantitative estimate of drug-likeness (QED) is 0.142. The van der Waals surface area contributed by atoms with E-state index in [1.54, 1.807) is 37.4 Å². The Hall–Kier alpha value is -5.59. The molecule has 1 heterocycles. The molecule has 3 aromatic carbocycles. The number of carbonyl (C=O) groups is 4. The Labute approximate surface area is 297 Å². The largest absolute Gasteiger partial charge is 0.444 e. The van der Waals surface area contributed by atoms with Gasteiger partial charge in [-0.25, -0.2) is 4.79 Å². The van der Waals surface area contributed by atoms with E-state index < -0.39 is 17.7 Å². The van der Waals surface area contributed by atoms with Crippen LogP contribution in [-0.4, -0.2) is 69.7 Å². The third-order valence-electron chi connectivity index (χ3n) is 8.96. The minimum atomic E-state index is -0.833. The van der Waals surface area contributed by atoms with Gasteiger partial charge in [0, 0.05) is 42.7 Å². The van der Waals surface area contributed by atoms with Crippen LogP contribution in [-0.2, 0) is 20.7 Å². The molecule has 51 heavy (non-hydrogen) atoms. The van der Waals surface area contributed by atoms with Gasteiger partial charge in [0.2, 0.25) is 17.6 Å². The maximum Gasteiger partial charge on any atom is 0.407 e. The smallest absolute Gasteiger partial charge is 0.407 e. The normalized spacial score (nSPS) is 16.4. The molecule has 0 radical (unpaired) electrons. The minimum Gasteiger partial charge on any atom is -0.444 e. The number of ether oxygens (including phenoxy) is 1. The lowest BCUT2D eigenvalue weighted by molar-refractivity contribution is -0.130. The molecule has 1 aliphatic carbocycles. The maximum atomic E-state index is 13.7. The zero-order valence-electron chi connectivity index (χ0n) is 29.7. The standard InChI is InChI=1S/C38H46N8O5/c1-23-20-29(34(47)39-5)16-19-31(23)26-10-6-24(7-11-26)21-32(36(49)41-30-17-14-27(15-18-30)33-43-45-46-44-33)42-35(48)28-12-8-25(9-13-28)22-40-37(50)51-38(2,3)4/h6-7,10-11,14-20,25,28,32H,8-9,12-13,21-22H2,1-5H3,(H,39,47)(H,40,50)(H,41,49)(H,42,48)(H,43,44,45,46)/t25?,28?,32-/m0/s1. The second kappa shape index (κ2) is 16.4. The molecule has 0 aliphatic heterocycles. The molecule has 4 amide bonds. The molecular weight excluding hydrogens is 648 g/mol. The first-order valence-corrected chi connectivity index (χ1v) is 17.2. The van der Waals surface area contributed by atoms with Crippen LogP contribution in [0.4, 0.5) is 10.5 Å². The molecule has 13 heteroatoms. The van der Waals surface area contributed by atoms with Crippen molar-refractivity contribution in [2.24, 2.45) is 11.8 Å². The van der Waals surface area contributed by atoms with Crippen molar-refractivity contribution in [3.63, 3.8) is 0 Å². The second-order valence-electron chi connectivity index (χ2n) is 14.0. The molecule has 1 aliphatic rings. The number of rotatable bonds is 11. The Morgan fingerprint density at radius 3 is 2.22 bits per heavy atom. The fraction of sp³-hybridized carbons (Fsp3) is 0.395. The van der Waals surface area contributed by atoms with Crippen molar-refractivity contribution in [3.05, 3.63) is 83.4 Å². The average Bonchev–Trinajstić information content (AvgIpc) is 3.65. The first-order valence-electron chi connectivity index (χ1n) is 17.2. The van der Waals surface area contributed by atoms with Crippen LogP contribution < -0.4 is 21.3 Å². The van der Waals surface area contributed by atoms with Gasteiger partial charge in [0.05, 0.1) is 0 Å². The number of amides is 4. The van der Waals surface area contributed by atoms with E-state index in [1.807, 2.05) is 64.1 Å². The molecule has 268 valence electrons. The van der Waals surface area contributed by atoms with Crippen molar-refractivity contribution < 1.29 is 23.9 Å². The van der Waals surface area contributed by atoms with Crippen LogP contribution in [0.2, 0.25) is 0 Å². The van der Waals surface area contributed by atoms with Gasteiger partial charge in [-0.2, -0.15) is 5.21 Å². The van der Waals surface area contributed by atoms with Gasteiger partial charge in [-0.1, -0.05) is 30.3 Å². The number of anilines is 1. The summed E-state index contributed by atoms with van der Waals surface area (Å²) in [5.41, 5.74) is 5.15. The van der Waals surface area contributed by atoms with E-state index >= 15 is 0 Å².